The highest BCUT2D eigenvalue weighted by Crippen LogP contribution is 2.28. The molecule has 0 aliphatic heterocycles. The quantitative estimate of drug-likeness (QED) is 0.469. The summed E-state index contributed by atoms with van der Waals surface area (Å²) in [5.74, 6) is 0.522. The standard InChI is InChI=1S/C14H7ClINO2/c15-14-13-9(6-7-17-14)11(18)10(16)12(19-13)8-4-2-1-3-5-8/h1-7H. The summed E-state index contributed by atoms with van der Waals surface area (Å²) >= 11 is 7.99. The summed E-state index contributed by atoms with van der Waals surface area (Å²) in [6.45, 7) is 0. The zero-order valence-corrected chi connectivity index (χ0v) is 12.5. The molecule has 0 fully saturated rings. The number of hydrogen-bond acceptors (Lipinski definition) is 3. The third-order valence-electron chi connectivity index (χ3n) is 2.74. The number of hydrogen-bond donors (Lipinski definition) is 0. The van der Waals surface area contributed by atoms with Crippen LogP contribution in [-0.2, 0) is 0 Å². The summed E-state index contributed by atoms with van der Waals surface area (Å²) < 4.78 is 6.33. The fourth-order valence-corrected chi connectivity index (χ4v) is 2.75. The molecule has 1 aromatic carbocycles. The van der Waals surface area contributed by atoms with E-state index >= 15 is 0 Å². The van der Waals surface area contributed by atoms with Crippen LogP contribution >= 0.6 is 34.2 Å². The van der Waals surface area contributed by atoms with E-state index in [4.69, 9.17) is 16.0 Å². The van der Waals surface area contributed by atoms with Crippen molar-refractivity contribution in [3.8, 4) is 11.3 Å². The van der Waals surface area contributed by atoms with E-state index in [1.165, 1.54) is 6.20 Å². The highest BCUT2D eigenvalue weighted by atomic mass is 127. The summed E-state index contributed by atoms with van der Waals surface area (Å²) in [7, 11) is 0. The van der Waals surface area contributed by atoms with E-state index in [1.54, 1.807) is 6.07 Å². The van der Waals surface area contributed by atoms with Gasteiger partial charge in [0.05, 0.1) is 5.39 Å². The number of rotatable bonds is 1. The zero-order valence-electron chi connectivity index (χ0n) is 9.56. The van der Waals surface area contributed by atoms with Gasteiger partial charge < -0.3 is 4.42 Å². The highest BCUT2D eigenvalue weighted by Gasteiger charge is 2.15. The van der Waals surface area contributed by atoms with E-state index in [-0.39, 0.29) is 10.6 Å². The first-order chi connectivity index (χ1) is 9.18. The van der Waals surface area contributed by atoms with Crippen LogP contribution in [0.25, 0.3) is 22.3 Å². The lowest BCUT2D eigenvalue weighted by atomic mass is 10.1. The molecule has 3 nitrogen and oxygen atoms in total. The maximum Gasteiger partial charge on any atom is 0.206 e. The molecule has 5 heteroatoms. The lowest BCUT2D eigenvalue weighted by molar-refractivity contribution is 0.613. The van der Waals surface area contributed by atoms with E-state index in [2.05, 4.69) is 4.98 Å². The van der Waals surface area contributed by atoms with E-state index in [1.807, 2.05) is 52.9 Å². The molecule has 0 saturated carbocycles. The van der Waals surface area contributed by atoms with Crippen molar-refractivity contribution in [1.82, 2.24) is 4.98 Å². The van der Waals surface area contributed by atoms with Gasteiger partial charge in [-0.1, -0.05) is 41.9 Å². The first-order valence-corrected chi connectivity index (χ1v) is 6.96. The van der Waals surface area contributed by atoms with Gasteiger partial charge in [0, 0.05) is 11.8 Å². The topological polar surface area (TPSA) is 43.1 Å². The normalized spacial score (nSPS) is 10.8. The summed E-state index contributed by atoms with van der Waals surface area (Å²) in [5.41, 5.74) is 1.07. The molecule has 0 unspecified atom stereocenters. The molecule has 0 spiro atoms. The third kappa shape index (κ3) is 2.15. The number of aromatic nitrogens is 1. The SMILES string of the molecule is O=c1c(I)c(-c2ccccc2)oc2c(Cl)nccc12. The molecule has 0 aliphatic carbocycles. The van der Waals surface area contributed by atoms with Gasteiger partial charge in [-0.25, -0.2) is 4.98 Å². The minimum absolute atomic E-state index is 0.0926. The van der Waals surface area contributed by atoms with Crippen LogP contribution in [0.4, 0.5) is 0 Å². The van der Waals surface area contributed by atoms with Crippen LogP contribution in [0.2, 0.25) is 5.15 Å². The van der Waals surface area contributed by atoms with Crippen molar-refractivity contribution >= 4 is 45.2 Å². The average Bonchev–Trinajstić information content (AvgIpc) is 2.44. The Hall–Kier alpha value is -1.40. The highest BCUT2D eigenvalue weighted by molar-refractivity contribution is 14.1. The van der Waals surface area contributed by atoms with Crippen molar-refractivity contribution < 1.29 is 4.42 Å². The van der Waals surface area contributed by atoms with Crippen molar-refractivity contribution in [2.24, 2.45) is 0 Å². The molecule has 2 heterocycles. The lowest BCUT2D eigenvalue weighted by Gasteiger charge is -2.06. The van der Waals surface area contributed by atoms with Gasteiger partial charge in [0.2, 0.25) is 5.43 Å². The molecule has 2 aromatic heterocycles. The molecule has 3 rings (SSSR count). The van der Waals surface area contributed by atoms with Crippen LogP contribution < -0.4 is 5.43 Å². The monoisotopic (exact) mass is 383 g/mol. The predicted octanol–water partition coefficient (Wildman–Crippen LogP) is 4.11. The maximum atomic E-state index is 12.3. The van der Waals surface area contributed by atoms with Crippen molar-refractivity contribution in [2.45, 2.75) is 0 Å². The fourth-order valence-electron chi connectivity index (χ4n) is 1.84. The van der Waals surface area contributed by atoms with Gasteiger partial charge in [0.15, 0.2) is 16.5 Å². The minimum Gasteiger partial charge on any atom is -0.451 e. The van der Waals surface area contributed by atoms with E-state index < -0.39 is 0 Å². The molecule has 19 heavy (non-hydrogen) atoms. The number of nitrogens with zero attached hydrogens (tertiary/aromatic N) is 1. The third-order valence-corrected chi connectivity index (χ3v) is 3.99. The molecule has 3 aromatic rings. The Morgan fingerprint density at radius 2 is 1.89 bits per heavy atom. The second kappa shape index (κ2) is 4.94. The predicted molar refractivity (Wildman–Crippen MR) is 83.4 cm³/mol. The van der Waals surface area contributed by atoms with Gasteiger partial charge in [0.25, 0.3) is 0 Å². The molecule has 94 valence electrons. The van der Waals surface area contributed by atoms with Crippen LogP contribution in [0.5, 0.6) is 0 Å². The largest absolute Gasteiger partial charge is 0.451 e. The zero-order chi connectivity index (χ0) is 13.4. The number of halogens is 2. The lowest BCUT2D eigenvalue weighted by Crippen LogP contribution is -2.07. The molecule has 0 N–H and O–H groups in total. The molecular formula is C14H7ClINO2. The van der Waals surface area contributed by atoms with Gasteiger partial charge in [-0.3, -0.25) is 4.79 Å². The number of fused-ring (bicyclic) bond motifs is 1. The van der Waals surface area contributed by atoms with Crippen LogP contribution in [0, 0.1) is 3.57 Å². The van der Waals surface area contributed by atoms with Crippen molar-refractivity contribution in [3.63, 3.8) is 0 Å². The van der Waals surface area contributed by atoms with E-state index in [0.29, 0.717) is 20.3 Å². The van der Waals surface area contributed by atoms with E-state index in [0.717, 1.165) is 5.56 Å². The number of benzene rings is 1. The van der Waals surface area contributed by atoms with Crippen LogP contribution in [0.1, 0.15) is 0 Å². The first-order valence-electron chi connectivity index (χ1n) is 5.50. The van der Waals surface area contributed by atoms with Gasteiger partial charge in [-0.15, -0.1) is 0 Å². The van der Waals surface area contributed by atoms with Gasteiger partial charge in [-0.05, 0) is 28.7 Å². The Bertz CT molecular complexity index is 815. The maximum absolute atomic E-state index is 12.3. The van der Waals surface area contributed by atoms with Crippen LogP contribution in [-0.4, -0.2) is 4.98 Å². The molecule has 0 amide bonds. The second-order valence-electron chi connectivity index (χ2n) is 3.92. The van der Waals surface area contributed by atoms with Crippen molar-refractivity contribution in [1.29, 1.82) is 0 Å². The van der Waals surface area contributed by atoms with Crippen molar-refractivity contribution in [2.75, 3.05) is 0 Å². The average molecular weight is 384 g/mol. The Morgan fingerprint density at radius 1 is 1.16 bits per heavy atom. The van der Waals surface area contributed by atoms with Crippen molar-refractivity contribution in [3.05, 3.63) is 61.5 Å². The Balaban J connectivity index is 2.42. The molecule has 0 bridgehead atoms. The summed E-state index contributed by atoms with van der Waals surface area (Å²) in [6.07, 6.45) is 1.50. The van der Waals surface area contributed by atoms with Crippen LogP contribution in [0.3, 0.4) is 0 Å². The first kappa shape index (κ1) is 12.6. The molecular weight excluding hydrogens is 377 g/mol. The van der Waals surface area contributed by atoms with Crippen LogP contribution in [0.15, 0.2) is 51.8 Å². The summed E-state index contributed by atoms with van der Waals surface area (Å²) in [6, 6.07) is 11.1. The minimum atomic E-state index is -0.0926. The smallest absolute Gasteiger partial charge is 0.206 e. The summed E-state index contributed by atoms with van der Waals surface area (Å²) in [4.78, 5) is 16.3. The van der Waals surface area contributed by atoms with E-state index in [9.17, 15) is 4.79 Å². The molecule has 0 radical (unpaired) electrons. The Morgan fingerprint density at radius 3 is 2.63 bits per heavy atom. The van der Waals surface area contributed by atoms with Gasteiger partial charge >= 0.3 is 0 Å². The molecule has 0 saturated heterocycles. The van der Waals surface area contributed by atoms with Gasteiger partial charge in [0.1, 0.15) is 3.57 Å². The second-order valence-corrected chi connectivity index (χ2v) is 5.36. The molecule has 0 aliphatic rings. The summed E-state index contributed by atoms with van der Waals surface area (Å²) in [5, 5.41) is 0.646. The van der Waals surface area contributed by atoms with Gasteiger partial charge in [-0.2, -0.15) is 0 Å². The molecule has 0 atom stereocenters. The number of pyridine rings is 1. The fraction of sp³-hybridized carbons (Fsp3) is 0. The Labute approximate surface area is 127 Å². The Kier molecular flexibility index (Phi) is 3.28.